The maximum Gasteiger partial charge on any atom is 0.280 e. The molecule has 0 spiro atoms. The largest absolute Gasteiger partial charge is 0.497 e. The molecule has 2 N–H and O–H groups in total. The fourth-order valence-electron chi connectivity index (χ4n) is 3.20. The van der Waals surface area contributed by atoms with Crippen LogP contribution in [0.5, 0.6) is 5.75 Å². The van der Waals surface area contributed by atoms with Gasteiger partial charge >= 0.3 is 0 Å². The number of hydrogen-bond donors (Lipinski definition) is 2. The molecule has 9 heteroatoms. The van der Waals surface area contributed by atoms with Crippen LogP contribution in [-0.2, 0) is 6.54 Å². The highest BCUT2D eigenvalue weighted by atomic mass is 32.1. The Balaban J connectivity index is 1.39. The lowest BCUT2D eigenvalue weighted by molar-refractivity contribution is 0.0950. The minimum absolute atomic E-state index is 0.208. The first kappa shape index (κ1) is 18.2. The first-order valence-corrected chi connectivity index (χ1v) is 9.99. The third-order valence-electron chi connectivity index (χ3n) is 4.69. The minimum Gasteiger partial charge on any atom is -0.497 e. The van der Waals surface area contributed by atoms with Crippen LogP contribution in [0.25, 0.3) is 32.5 Å². The number of aromatic amines is 1. The second kappa shape index (κ2) is 7.53. The zero-order valence-corrected chi connectivity index (χ0v) is 16.7. The second-order valence-corrected chi connectivity index (χ2v) is 7.62. The van der Waals surface area contributed by atoms with Crippen LogP contribution in [-0.4, -0.2) is 38.2 Å². The van der Waals surface area contributed by atoms with E-state index in [1.54, 1.807) is 13.3 Å². The molecule has 0 bridgehead atoms. The van der Waals surface area contributed by atoms with Gasteiger partial charge in [-0.3, -0.25) is 9.89 Å². The zero-order valence-electron chi connectivity index (χ0n) is 15.9. The summed E-state index contributed by atoms with van der Waals surface area (Å²) in [5.41, 5.74) is 4.12. The zero-order chi connectivity index (χ0) is 20.5. The molecule has 2 aromatic carbocycles. The van der Waals surface area contributed by atoms with Gasteiger partial charge in [-0.2, -0.15) is 5.10 Å². The molecule has 0 aliphatic heterocycles. The van der Waals surface area contributed by atoms with Crippen LogP contribution in [0.15, 0.2) is 55.0 Å². The van der Waals surface area contributed by atoms with Crippen LogP contribution in [0.2, 0.25) is 0 Å². The summed E-state index contributed by atoms with van der Waals surface area (Å²) in [6, 6.07) is 13.4. The lowest BCUT2D eigenvalue weighted by Gasteiger charge is -2.05. The standard InChI is InChI=1S/C21H16N6O2S/c1-29-14-4-2-3-12(7-14)9-22-20(28)21-26-16-6-5-13(8-17(16)30-21)18-15-10-25-27-19(15)24-11-23-18/h2-8,10-11H,9H2,1H3,(H,22,28)(H,23,24,25,27). The highest BCUT2D eigenvalue weighted by molar-refractivity contribution is 7.20. The van der Waals surface area contributed by atoms with E-state index in [-0.39, 0.29) is 5.91 Å². The topological polar surface area (TPSA) is 106 Å². The average Bonchev–Trinajstić information content (AvgIpc) is 3.43. The molecule has 3 heterocycles. The Morgan fingerprint density at radius 3 is 3.03 bits per heavy atom. The quantitative estimate of drug-likeness (QED) is 0.454. The first-order valence-electron chi connectivity index (χ1n) is 9.17. The summed E-state index contributed by atoms with van der Waals surface area (Å²) in [6.07, 6.45) is 3.21. The summed E-state index contributed by atoms with van der Waals surface area (Å²) < 4.78 is 6.13. The van der Waals surface area contributed by atoms with Crippen molar-refractivity contribution in [1.82, 2.24) is 30.5 Å². The van der Waals surface area contributed by atoms with Gasteiger partial charge in [-0.1, -0.05) is 18.2 Å². The molecule has 8 nitrogen and oxygen atoms in total. The van der Waals surface area contributed by atoms with Crippen molar-refractivity contribution in [2.75, 3.05) is 7.11 Å². The number of ether oxygens (including phenoxy) is 1. The normalized spacial score (nSPS) is 11.1. The van der Waals surface area contributed by atoms with Crippen molar-refractivity contribution in [2.45, 2.75) is 6.54 Å². The molecule has 0 unspecified atom stereocenters. The smallest absolute Gasteiger partial charge is 0.280 e. The van der Waals surface area contributed by atoms with E-state index < -0.39 is 0 Å². The van der Waals surface area contributed by atoms with Gasteiger partial charge in [0.1, 0.15) is 12.1 Å². The minimum atomic E-state index is -0.208. The molecular formula is C21H16N6O2S. The second-order valence-electron chi connectivity index (χ2n) is 6.59. The lowest BCUT2D eigenvalue weighted by atomic mass is 10.1. The van der Waals surface area contributed by atoms with Crippen molar-refractivity contribution in [3.63, 3.8) is 0 Å². The molecular weight excluding hydrogens is 400 g/mol. The van der Waals surface area contributed by atoms with Gasteiger partial charge < -0.3 is 10.1 Å². The van der Waals surface area contributed by atoms with Crippen molar-refractivity contribution >= 4 is 38.5 Å². The van der Waals surface area contributed by atoms with Crippen molar-refractivity contribution in [1.29, 1.82) is 0 Å². The fraction of sp³-hybridized carbons (Fsp3) is 0.0952. The van der Waals surface area contributed by atoms with Gasteiger partial charge in [0.2, 0.25) is 0 Å². The van der Waals surface area contributed by atoms with Gasteiger partial charge in [-0.15, -0.1) is 11.3 Å². The highest BCUT2D eigenvalue weighted by Crippen LogP contribution is 2.30. The molecule has 1 amide bonds. The summed E-state index contributed by atoms with van der Waals surface area (Å²) in [6.45, 7) is 0.399. The van der Waals surface area contributed by atoms with Crippen LogP contribution in [0.4, 0.5) is 0 Å². The average molecular weight is 416 g/mol. The van der Waals surface area contributed by atoms with Gasteiger partial charge in [0, 0.05) is 12.1 Å². The van der Waals surface area contributed by atoms with Crippen LogP contribution in [0.1, 0.15) is 15.4 Å². The van der Waals surface area contributed by atoms with E-state index in [0.717, 1.165) is 38.2 Å². The van der Waals surface area contributed by atoms with Crippen LogP contribution in [0, 0.1) is 0 Å². The van der Waals surface area contributed by atoms with E-state index in [2.05, 4.69) is 30.5 Å². The molecule has 3 aromatic heterocycles. The first-order chi connectivity index (χ1) is 14.7. The van der Waals surface area contributed by atoms with Gasteiger partial charge in [0.25, 0.3) is 5.91 Å². The number of thiazole rings is 1. The number of methoxy groups -OCH3 is 1. The molecule has 0 radical (unpaired) electrons. The van der Waals surface area contributed by atoms with E-state index in [0.29, 0.717) is 17.2 Å². The fourth-order valence-corrected chi connectivity index (χ4v) is 4.13. The Morgan fingerprint density at radius 2 is 2.13 bits per heavy atom. The molecule has 0 saturated heterocycles. The molecule has 5 rings (SSSR count). The monoisotopic (exact) mass is 416 g/mol. The molecule has 0 saturated carbocycles. The lowest BCUT2D eigenvalue weighted by Crippen LogP contribution is -2.22. The molecule has 0 aliphatic carbocycles. The number of amides is 1. The number of nitrogens with one attached hydrogen (secondary N) is 2. The van der Waals surface area contributed by atoms with E-state index in [9.17, 15) is 4.79 Å². The Labute approximate surface area is 175 Å². The predicted molar refractivity (Wildman–Crippen MR) is 114 cm³/mol. The molecule has 148 valence electrons. The van der Waals surface area contributed by atoms with Gasteiger partial charge in [-0.25, -0.2) is 15.0 Å². The molecule has 30 heavy (non-hydrogen) atoms. The van der Waals surface area contributed by atoms with Gasteiger partial charge in [-0.05, 0) is 29.8 Å². The number of fused-ring (bicyclic) bond motifs is 2. The molecule has 0 fully saturated rings. The molecule has 0 atom stereocenters. The number of rotatable bonds is 5. The molecule has 0 aliphatic rings. The summed E-state index contributed by atoms with van der Waals surface area (Å²) in [7, 11) is 1.62. The van der Waals surface area contributed by atoms with E-state index in [1.165, 1.54) is 17.7 Å². The van der Waals surface area contributed by atoms with Gasteiger partial charge in [0.05, 0.1) is 34.6 Å². The summed E-state index contributed by atoms with van der Waals surface area (Å²) in [5, 5.41) is 11.1. The summed E-state index contributed by atoms with van der Waals surface area (Å²) in [5.74, 6) is 0.547. The van der Waals surface area contributed by atoms with Crippen molar-refractivity contribution in [2.24, 2.45) is 0 Å². The predicted octanol–water partition coefficient (Wildman–Crippen LogP) is 3.57. The van der Waals surface area contributed by atoms with E-state index in [1.807, 2.05) is 42.5 Å². The Morgan fingerprint density at radius 1 is 1.20 bits per heavy atom. The maximum absolute atomic E-state index is 12.6. The number of hydrogen-bond acceptors (Lipinski definition) is 7. The maximum atomic E-state index is 12.6. The highest BCUT2D eigenvalue weighted by Gasteiger charge is 2.14. The number of carbonyl (C=O) groups is 1. The number of benzene rings is 2. The Bertz CT molecular complexity index is 1380. The summed E-state index contributed by atoms with van der Waals surface area (Å²) in [4.78, 5) is 25.7. The number of H-pyrrole nitrogens is 1. The number of aromatic nitrogens is 5. The van der Waals surface area contributed by atoms with E-state index in [4.69, 9.17) is 4.74 Å². The number of carbonyl (C=O) groups excluding carboxylic acids is 1. The van der Waals surface area contributed by atoms with Crippen molar-refractivity contribution in [3.8, 4) is 17.0 Å². The van der Waals surface area contributed by atoms with Gasteiger partial charge in [0.15, 0.2) is 10.7 Å². The third kappa shape index (κ3) is 3.35. The molecule has 5 aromatic rings. The van der Waals surface area contributed by atoms with E-state index >= 15 is 0 Å². The van der Waals surface area contributed by atoms with Crippen molar-refractivity contribution < 1.29 is 9.53 Å². The van der Waals surface area contributed by atoms with Crippen molar-refractivity contribution in [3.05, 3.63) is 65.6 Å². The Kier molecular flexibility index (Phi) is 4.56. The van der Waals surface area contributed by atoms with Crippen LogP contribution >= 0.6 is 11.3 Å². The van der Waals surface area contributed by atoms with Crippen LogP contribution < -0.4 is 10.1 Å². The Hall–Kier alpha value is -3.85. The SMILES string of the molecule is COc1cccc(CNC(=O)c2nc3ccc(-c4ncnc5[nH]ncc45)cc3s2)c1. The van der Waals surface area contributed by atoms with Crippen LogP contribution in [0.3, 0.4) is 0 Å². The number of nitrogens with zero attached hydrogens (tertiary/aromatic N) is 4. The summed E-state index contributed by atoms with van der Waals surface area (Å²) >= 11 is 1.35. The third-order valence-corrected chi connectivity index (χ3v) is 5.71.